The summed E-state index contributed by atoms with van der Waals surface area (Å²) in [6.45, 7) is 5.97. The standard InChI is InChI=1S/C23H25N3O3/c1-22(2,3)24-20(28)23(25-15-9-14-19(25)27)17-12-7-8-13-18(17)26(21(23)29)16-10-5-4-6-11-16/h4-8,10-13H,9,14-15H2,1-3H3,(H,24,28). The fraction of sp³-hybridized carbons (Fsp3) is 0.348. The van der Waals surface area contributed by atoms with Crippen molar-refractivity contribution in [2.24, 2.45) is 0 Å². The van der Waals surface area contributed by atoms with Gasteiger partial charge < -0.3 is 10.2 Å². The average molecular weight is 391 g/mol. The van der Waals surface area contributed by atoms with Crippen molar-refractivity contribution in [3.8, 4) is 0 Å². The lowest BCUT2D eigenvalue weighted by Crippen LogP contribution is -2.63. The second kappa shape index (κ2) is 6.72. The van der Waals surface area contributed by atoms with Gasteiger partial charge in [0.25, 0.3) is 11.8 Å². The number of likely N-dealkylation sites (tertiary alicyclic amines) is 1. The number of hydrogen-bond donors (Lipinski definition) is 1. The monoisotopic (exact) mass is 391 g/mol. The molecule has 0 bridgehead atoms. The molecule has 2 aliphatic heterocycles. The molecule has 1 unspecified atom stereocenters. The summed E-state index contributed by atoms with van der Waals surface area (Å²) in [5, 5.41) is 2.96. The number of benzene rings is 2. The molecule has 2 heterocycles. The Bertz CT molecular complexity index is 980. The smallest absolute Gasteiger partial charge is 0.272 e. The van der Waals surface area contributed by atoms with Gasteiger partial charge in [0.15, 0.2) is 0 Å². The molecule has 3 amide bonds. The van der Waals surface area contributed by atoms with E-state index in [4.69, 9.17) is 0 Å². The van der Waals surface area contributed by atoms with Gasteiger partial charge in [-0.15, -0.1) is 0 Å². The summed E-state index contributed by atoms with van der Waals surface area (Å²) >= 11 is 0. The van der Waals surface area contributed by atoms with Crippen molar-refractivity contribution >= 4 is 29.1 Å². The molecule has 2 aromatic carbocycles. The summed E-state index contributed by atoms with van der Waals surface area (Å²) in [7, 11) is 0. The van der Waals surface area contributed by atoms with E-state index in [1.54, 1.807) is 17.0 Å². The van der Waals surface area contributed by atoms with Crippen molar-refractivity contribution in [2.45, 2.75) is 44.7 Å². The second-order valence-corrected chi connectivity index (χ2v) is 8.56. The van der Waals surface area contributed by atoms with Gasteiger partial charge in [0.05, 0.1) is 5.69 Å². The molecule has 150 valence electrons. The fourth-order valence-corrected chi connectivity index (χ4v) is 4.23. The normalized spacial score (nSPS) is 21.5. The van der Waals surface area contributed by atoms with E-state index in [2.05, 4.69) is 5.32 Å². The Balaban J connectivity index is 1.96. The van der Waals surface area contributed by atoms with Crippen LogP contribution in [0.2, 0.25) is 0 Å². The Hall–Kier alpha value is -3.15. The van der Waals surface area contributed by atoms with Gasteiger partial charge in [-0.25, -0.2) is 0 Å². The molecular formula is C23H25N3O3. The summed E-state index contributed by atoms with van der Waals surface area (Å²) in [5.74, 6) is -1.05. The highest BCUT2D eigenvalue weighted by Crippen LogP contribution is 2.49. The van der Waals surface area contributed by atoms with Crippen molar-refractivity contribution < 1.29 is 14.4 Å². The molecule has 2 aliphatic rings. The molecule has 0 aliphatic carbocycles. The first-order valence-corrected chi connectivity index (χ1v) is 9.89. The molecule has 29 heavy (non-hydrogen) atoms. The van der Waals surface area contributed by atoms with Crippen LogP contribution in [-0.2, 0) is 19.9 Å². The van der Waals surface area contributed by atoms with E-state index in [9.17, 15) is 14.4 Å². The molecular weight excluding hydrogens is 366 g/mol. The van der Waals surface area contributed by atoms with Gasteiger partial charge in [0.1, 0.15) is 0 Å². The number of nitrogens with one attached hydrogen (secondary N) is 1. The fourth-order valence-electron chi connectivity index (χ4n) is 4.23. The number of nitrogens with zero attached hydrogens (tertiary/aromatic N) is 2. The van der Waals surface area contributed by atoms with Crippen LogP contribution >= 0.6 is 0 Å². The van der Waals surface area contributed by atoms with Gasteiger partial charge in [0.2, 0.25) is 11.4 Å². The zero-order valence-corrected chi connectivity index (χ0v) is 16.9. The average Bonchev–Trinajstić information content (AvgIpc) is 3.20. The minimum atomic E-state index is -1.70. The Morgan fingerprint density at radius 2 is 1.66 bits per heavy atom. The van der Waals surface area contributed by atoms with E-state index in [1.807, 2.05) is 63.2 Å². The van der Waals surface area contributed by atoms with Crippen LogP contribution in [0.4, 0.5) is 11.4 Å². The molecule has 4 rings (SSSR count). The quantitative estimate of drug-likeness (QED) is 0.818. The van der Waals surface area contributed by atoms with Crippen molar-refractivity contribution in [1.82, 2.24) is 10.2 Å². The summed E-state index contributed by atoms with van der Waals surface area (Å²) < 4.78 is 0. The summed E-state index contributed by atoms with van der Waals surface area (Å²) in [6, 6.07) is 16.5. The molecule has 1 saturated heterocycles. The maximum absolute atomic E-state index is 14.0. The third-order valence-electron chi connectivity index (χ3n) is 5.36. The van der Waals surface area contributed by atoms with Crippen molar-refractivity contribution in [3.05, 3.63) is 60.2 Å². The van der Waals surface area contributed by atoms with E-state index in [0.29, 0.717) is 36.3 Å². The molecule has 0 spiro atoms. The Kier molecular flexibility index (Phi) is 4.45. The van der Waals surface area contributed by atoms with Crippen LogP contribution in [0.25, 0.3) is 0 Å². The highest BCUT2D eigenvalue weighted by Gasteiger charge is 2.62. The molecule has 1 fully saturated rings. The molecule has 6 nitrogen and oxygen atoms in total. The van der Waals surface area contributed by atoms with Gasteiger partial charge in [-0.05, 0) is 45.4 Å². The third kappa shape index (κ3) is 2.90. The van der Waals surface area contributed by atoms with Crippen LogP contribution in [0, 0.1) is 0 Å². The summed E-state index contributed by atoms with van der Waals surface area (Å²) in [4.78, 5) is 43.6. The Labute approximate surface area is 170 Å². The predicted octanol–water partition coefficient (Wildman–Crippen LogP) is 3.10. The third-order valence-corrected chi connectivity index (χ3v) is 5.36. The van der Waals surface area contributed by atoms with Crippen LogP contribution in [0.1, 0.15) is 39.2 Å². The lowest BCUT2D eigenvalue weighted by molar-refractivity contribution is -0.153. The largest absolute Gasteiger partial charge is 0.349 e. The molecule has 2 aromatic rings. The van der Waals surface area contributed by atoms with E-state index in [0.717, 1.165) is 0 Å². The van der Waals surface area contributed by atoms with Crippen LogP contribution in [0.3, 0.4) is 0 Å². The summed E-state index contributed by atoms with van der Waals surface area (Å²) in [5.41, 5.74) is -0.407. The van der Waals surface area contributed by atoms with Gasteiger partial charge in [-0.3, -0.25) is 19.3 Å². The number of hydrogen-bond acceptors (Lipinski definition) is 3. The highest BCUT2D eigenvalue weighted by atomic mass is 16.2. The van der Waals surface area contributed by atoms with Gasteiger partial charge in [0, 0.05) is 29.8 Å². The Morgan fingerprint density at radius 1 is 1.00 bits per heavy atom. The highest BCUT2D eigenvalue weighted by molar-refractivity contribution is 6.25. The first-order chi connectivity index (χ1) is 13.8. The van der Waals surface area contributed by atoms with Gasteiger partial charge >= 0.3 is 0 Å². The van der Waals surface area contributed by atoms with Crippen LogP contribution < -0.4 is 10.2 Å². The number of carbonyl (C=O) groups is 3. The van der Waals surface area contributed by atoms with Crippen LogP contribution in [0.15, 0.2) is 54.6 Å². The van der Waals surface area contributed by atoms with Crippen LogP contribution in [-0.4, -0.2) is 34.7 Å². The second-order valence-electron chi connectivity index (χ2n) is 8.56. The lowest BCUT2D eigenvalue weighted by atomic mass is 9.87. The first kappa shape index (κ1) is 19.2. The maximum Gasteiger partial charge on any atom is 0.272 e. The molecule has 1 atom stereocenters. The number of anilines is 2. The molecule has 6 heteroatoms. The number of para-hydroxylation sites is 2. The maximum atomic E-state index is 14.0. The number of fused-ring (bicyclic) bond motifs is 1. The van der Waals surface area contributed by atoms with Crippen molar-refractivity contribution in [2.75, 3.05) is 11.4 Å². The minimum absolute atomic E-state index is 0.174. The van der Waals surface area contributed by atoms with Crippen molar-refractivity contribution in [3.63, 3.8) is 0 Å². The molecule has 0 radical (unpaired) electrons. The number of rotatable bonds is 3. The van der Waals surface area contributed by atoms with Crippen molar-refractivity contribution in [1.29, 1.82) is 0 Å². The molecule has 0 aromatic heterocycles. The zero-order chi connectivity index (χ0) is 20.8. The predicted molar refractivity (Wildman–Crippen MR) is 111 cm³/mol. The number of amides is 3. The zero-order valence-electron chi connectivity index (χ0n) is 16.9. The SMILES string of the molecule is CC(C)(C)NC(=O)C1(N2CCCC2=O)C(=O)N(c2ccccc2)c2ccccc21. The summed E-state index contributed by atoms with van der Waals surface area (Å²) in [6.07, 6.45) is 0.968. The van der Waals surface area contributed by atoms with E-state index >= 15 is 0 Å². The molecule has 1 N–H and O–H groups in total. The van der Waals surface area contributed by atoms with Crippen LogP contribution in [0.5, 0.6) is 0 Å². The van der Waals surface area contributed by atoms with Gasteiger partial charge in [-0.2, -0.15) is 0 Å². The number of carbonyl (C=O) groups excluding carboxylic acids is 3. The van der Waals surface area contributed by atoms with E-state index < -0.39 is 22.9 Å². The van der Waals surface area contributed by atoms with E-state index in [1.165, 1.54) is 4.90 Å². The van der Waals surface area contributed by atoms with Gasteiger partial charge in [-0.1, -0.05) is 36.4 Å². The topological polar surface area (TPSA) is 69.7 Å². The molecule has 0 saturated carbocycles. The first-order valence-electron chi connectivity index (χ1n) is 9.89. The van der Waals surface area contributed by atoms with E-state index in [-0.39, 0.29) is 5.91 Å². The minimum Gasteiger partial charge on any atom is -0.349 e. The lowest BCUT2D eigenvalue weighted by Gasteiger charge is -2.38. The Morgan fingerprint density at radius 3 is 2.28 bits per heavy atom.